The molecule has 0 saturated carbocycles. The number of hydrogen-bond donors (Lipinski definition) is 3. The summed E-state index contributed by atoms with van der Waals surface area (Å²) >= 11 is 0. The number of benzene rings is 1. The molecule has 0 radical (unpaired) electrons. The fraction of sp³-hybridized carbons (Fsp3) is 0.400. The molecule has 3 N–H and O–H groups in total. The molecule has 1 aliphatic heterocycles. The first-order valence-electron chi connectivity index (χ1n) is 6.99. The van der Waals surface area contributed by atoms with Crippen LogP contribution in [0, 0.1) is 0 Å². The molecule has 1 aliphatic rings. The van der Waals surface area contributed by atoms with Crippen LogP contribution in [0.3, 0.4) is 0 Å². The zero-order chi connectivity index (χ0) is 14.8. The van der Waals surface area contributed by atoms with Crippen LogP contribution in [0.5, 0.6) is 0 Å². The first kappa shape index (κ1) is 14.2. The maximum Gasteiger partial charge on any atom is 0.0988 e. The highest BCUT2D eigenvalue weighted by Gasteiger charge is 2.39. The van der Waals surface area contributed by atoms with E-state index >= 15 is 0 Å². The van der Waals surface area contributed by atoms with Gasteiger partial charge in [0.25, 0.3) is 0 Å². The Morgan fingerprint density at radius 2 is 1.95 bits per heavy atom. The highest BCUT2D eigenvalue weighted by molar-refractivity contribution is 5.33. The van der Waals surface area contributed by atoms with Crippen molar-refractivity contribution in [3.63, 3.8) is 0 Å². The summed E-state index contributed by atoms with van der Waals surface area (Å²) in [5.74, 6) is 0. The number of likely N-dealkylation sites (tertiary alicyclic amines) is 1. The Hall–Kier alpha value is -1.73. The topological polar surface area (TPSA) is 81.8 Å². The molecule has 6 nitrogen and oxygen atoms in total. The highest BCUT2D eigenvalue weighted by Crippen LogP contribution is 2.21. The molecule has 1 fully saturated rings. The molecule has 6 heteroatoms. The Morgan fingerprint density at radius 3 is 2.57 bits per heavy atom. The van der Waals surface area contributed by atoms with Gasteiger partial charge in [0.15, 0.2) is 0 Å². The van der Waals surface area contributed by atoms with Crippen LogP contribution in [-0.4, -0.2) is 61.4 Å². The number of aromatic nitrogens is 2. The van der Waals surface area contributed by atoms with E-state index in [1.807, 2.05) is 41.4 Å². The lowest BCUT2D eigenvalue weighted by atomic mass is 10.1. The van der Waals surface area contributed by atoms with Gasteiger partial charge < -0.3 is 15.3 Å². The van der Waals surface area contributed by atoms with E-state index < -0.39 is 18.2 Å². The van der Waals surface area contributed by atoms with Crippen LogP contribution in [-0.2, 0) is 6.54 Å². The molecule has 1 aromatic carbocycles. The second kappa shape index (κ2) is 5.95. The van der Waals surface area contributed by atoms with Crippen LogP contribution in [0.25, 0.3) is 5.69 Å². The van der Waals surface area contributed by atoms with Crippen molar-refractivity contribution in [1.82, 2.24) is 14.7 Å². The lowest BCUT2D eigenvalue weighted by molar-refractivity contribution is 0.0210. The Balaban J connectivity index is 1.71. The van der Waals surface area contributed by atoms with Crippen LogP contribution < -0.4 is 0 Å². The van der Waals surface area contributed by atoms with Gasteiger partial charge in [0.05, 0.1) is 30.5 Å². The summed E-state index contributed by atoms with van der Waals surface area (Å²) in [7, 11) is 0. The smallest absolute Gasteiger partial charge is 0.0988 e. The van der Waals surface area contributed by atoms with Crippen LogP contribution in [0.2, 0.25) is 0 Å². The van der Waals surface area contributed by atoms with E-state index in [2.05, 4.69) is 5.10 Å². The zero-order valence-electron chi connectivity index (χ0n) is 11.6. The van der Waals surface area contributed by atoms with Crippen molar-refractivity contribution in [2.75, 3.05) is 13.2 Å². The number of nitrogens with zero attached hydrogens (tertiary/aromatic N) is 3. The standard InChI is InChI=1S/C15H19N3O3/c19-10-13-15(21)14(20)9-17(13)8-11-2-4-12(5-3-11)18-7-1-6-16-18/h1-7,13-15,19-21H,8-10H2/t13-,14+,15-/m1/s1. The lowest BCUT2D eigenvalue weighted by Gasteiger charge is -2.23. The van der Waals surface area contributed by atoms with Crippen LogP contribution in [0.4, 0.5) is 0 Å². The third-order valence-corrected chi connectivity index (χ3v) is 3.96. The second-order valence-electron chi connectivity index (χ2n) is 5.35. The average molecular weight is 289 g/mol. The zero-order valence-corrected chi connectivity index (χ0v) is 11.6. The van der Waals surface area contributed by atoms with E-state index in [0.29, 0.717) is 13.1 Å². The number of aliphatic hydroxyl groups is 3. The molecule has 1 aromatic heterocycles. The Labute approximate surface area is 122 Å². The lowest BCUT2D eigenvalue weighted by Crippen LogP contribution is -2.38. The summed E-state index contributed by atoms with van der Waals surface area (Å²) in [4.78, 5) is 1.90. The van der Waals surface area contributed by atoms with Gasteiger partial charge in [-0.25, -0.2) is 4.68 Å². The predicted octanol–water partition coefficient (Wildman–Crippen LogP) is -0.229. The minimum absolute atomic E-state index is 0.163. The van der Waals surface area contributed by atoms with Crippen molar-refractivity contribution < 1.29 is 15.3 Å². The van der Waals surface area contributed by atoms with Gasteiger partial charge in [0, 0.05) is 25.5 Å². The van der Waals surface area contributed by atoms with Crippen LogP contribution in [0.1, 0.15) is 5.56 Å². The fourth-order valence-corrected chi connectivity index (χ4v) is 2.77. The fourth-order valence-electron chi connectivity index (χ4n) is 2.77. The first-order valence-corrected chi connectivity index (χ1v) is 6.99. The van der Waals surface area contributed by atoms with Crippen molar-refractivity contribution in [3.05, 3.63) is 48.3 Å². The number of aliphatic hydroxyl groups excluding tert-OH is 3. The molecule has 2 heterocycles. The quantitative estimate of drug-likeness (QED) is 0.724. The summed E-state index contributed by atoms with van der Waals surface area (Å²) < 4.78 is 1.78. The van der Waals surface area contributed by atoms with Gasteiger partial charge in [-0.3, -0.25) is 4.90 Å². The summed E-state index contributed by atoms with van der Waals surface area (Å²) in [6, 6.07) is 9.38. The summed E-state index contributed by atoms with van der Waals surface area (Å²) in [5, 5.41) is 33.0. The minimum Gasteiger partial charge on any atom is -0.395 e. The maximum absolute atomic E-state index is 9.81. The van der Waals surface area contributed by atoms with E-state index in [0.717, 1.165) is 11.3 Å². The van der Waals surface area contributed by atoms with Crippen LogP contribution in [0.15, 0.2) is 42.7 Å². The molecule has 112 valence electrons. The van der Waals surface area contributed by atoms with Crippen LogP contribution >= 0.6 is 0 Å². The van der Waals surface area contributed by atoms with E-state index in [-0.39, 0.29) is 6.61 Å². The second-order valence-corrected chi connectivity index (χ2v) is 5.35. The van der Waals surface area contributed by atoms with E-state index in [4.69, 9.17) is 0 Å². The van der Waals surface area contributed by atoms with E-state index in [1.54, 1.807) is 10.9 Å². The Morgan fingerprint density at radius 1 is 1.19 bits per heavy atom. The molecular formula is C15H19N3O3. The highest BCUT2D eigenvalue weighted by atomic mass is 16.3. The van der Waals surface area contributed by atoms with Gasteiger partial charge in [0.1, 0.15) is 0 Å². The first-order chi connectivity index (χ1) is 10.2. The van der Waals surface area contributed by atoms with Gasteiger partial charge in [-0.1, -0.05) is 12.1 Å². The third-order valence-electron chi connectivity index (χ3n) is 3.96. The van der Waals surface area contributed by atoms with Gasteiger partial charge in [-0.15, -0.1) is 0 Å². The normalized spacial score (nSPS) is 26.3. The molecule has 0 aliphatic carbocycles. The summed E-state index contributed by atoms with van der Waals surface area (Å²) in [5.41, 5.74) is 2.04. The number of β-amino-alcohol motifs (C(OH)–C–C–N with tert-alkyl or cyclic N) is 1. The maximum atomic E-state index is 9.81. The SMILES string of the molecule is OC[C@@H]1[C@@H](O)[C@@H](O)CN1Cc1ccc(-n2cccn2)cc1. The van der Waals surface area contributed by atoms with Crippen molar-refractivity contribution in [2.24, 2.45) is 0 Å². The summed E-state index contributed by atoms with van der Waals surface area (Å²) in [6.45, 7) is 0.787. The van der Waals surface area contributed by atoms with Gasteiger partial charge in [0.2, 0.25) is 0 Å². The molecule has 0 unspecified atom stereocenters. The van der Waals surface area contributed by atoms with Crippen molar-refractivity contribution >= 4 is 0 Å². The monoisotopic (exact) mass is 289 g/mol. The molecule has 3 atom stereocenters. The van der Waals surface area contributed by atoms with Gasteiger partial charge in [-0.05, 0) is 23.8 Å². The van der Waals surface area contributed by atoms with Gasteiger partial charge in [-0.2, -0.15) is 5.10 Å². The number of hydrogen-bond acceptors (Lipinski definition) is 5. The molecule has 3 rings (SSSR count). The molecule has 1 saturated heterocycles. The van der Waals surface area contributed by atoms with E-state index in [1.165, 1.54) is 0 Å². The molecule has 0 spiro atoms. The molecule has 0 bridgehead atoms. The Kier molecular flexibility index (Phi) is 4.03. The van der Waals surface area contributed by atoms with Crippen molar-refractivity contribution in [3.8, 4) is 5.69 Å². The number of rotatable bonds is 4. The molecule has 21 heavy (non-hydrogen) atoms. The Bertz CT molecular complexity index is 570. The average Bonchev–Trinajstić information content (AvgIpc) is 3.10. The van der Waals surface area contributed by atoms with Crippen molar-refractivity contribution in [1.29, 1.82) is 0 Å². The predicted molar refractivity (Wildman–Crippen MR) is 76.9 cm³/mol. The third kappa shape index (κ3) is 2.84. The van der Waals surface area contributed by atoms with E-state index in [9.17, 15) is 15.3 Å². The molecule has 2 aromatic rings. The summed E-state index contributed by atoms with van der Waals surface area (Å²) in [6.07, 6.45) is 1.92. The van der Waals surface area contributed by atoms with Gasteiger partial charge >= 0.3 is 0 Å². The molecule has 0 amide bonds. The molecular weight excluding hydrogens is 270 g/mol. The van der Waals surface area contributed by atoms with Crippen molar-refractivity contribution in [2.45, 2.75) is 24.8 Å². The largest absolute Gasteiger partial charge is 0.395 e. The minimum atomic E-state index is -0.890.